The lowest BCUT2D eigenvalue weighted by molar-refractivity contribution is -0.684. The van der Waals surface area contributed by atoms with Crippen LogP contribution in [-0.2, 0) is 41.8 Å². The third-order valence-corrected chi connectivity index (χ3v) is 13.6. The predicted molar refractivity (Wildman–Crippen MR) is 254 cm³/mol. The van der Waals surface area contributed by atoms with Crippen LogP contribution in [0.3, 0.4) is 0 Å². The first-order valence-electron chi connectivity index (χ1n) is 21.9. The topological polar surface area (TPSA) is 202 Å². The van der Waals surface area contributed by atoms with E-state index in [1.165, 1.54) is 10.8 Å². The van der Waals surface area contributed by atoms with Gasteiger partial charge in [-0.1, -0.05) is 77.1 Å². The summed E-state index contributed by atoms with van der Waals surface area (Å²) in [7, 11) is 3.07. The number of aliphatic hydroxyl groups excluding tert-OH is 4. The second-order valence-electron chi connectivity index (χ2n) is 16.1. The van der Waals surface area contributed by atoms with E-state index in [0.717, 1.165) is 40.0 Å². The number of hydrogen-bond acceptors (Lipinski definition) is 14. The van der Waals surface area contributed by atoms with E-state index in [0.29, 0.717) is 37.7 Å². The smallest absolute Gasteiger partial charge is 0.373 e. The lowest BCUT2D eigenvalue weighted by Gasteiger charge is -2.17. The molecule has 15 nitrogen and oxygen atoms in total. The van der Waals surface area contributed by atoms with Crippen molar-refractivity contribution in [1.29, 1.82) is 0 Å². The van der Waals surface area contributed by atoms with Crippen LogP contribution in [0, 0.1) is 5.92 Å². The zero-order chi connectivity index (χ0) is 47.4. The highest BCUT2D eigenvalue weighted by Crippen LogP contribution is 2.28. The quantitative estimate of drug-likeness (QED) is 0.0353. The van der Waals surface area contributed by atoms with Crippen molar-refractivity contribution >= 4 is 81.1 Å². The number of pyridine rings is 2. The maximum atomic E-state index is 13.2. The molecule has 17 heteroatoms. The number of ketones is 1. The van der Waals surface area contributed by atoms with Crippen LogP contribution in [0.5, 0.6) is 0 Å². The number of benzene rings is 2. The molecule has 0 radical (unpaired) electrons. The Balaban J connectivity index is 0.00000265. The van der Waals surface area contributed by atoms with Gasteiger partial charge in [-0.3, -0.25) is 14.4 Å². The van der Waals surface area contributed by atoms with Crippen molar-refractivity contribution in [2.24, 2.45) is 5.92 Å². The number of Topliss-reactive ketones (excluding diaryl/α,β-unsaturated/α-hetero) is 1. The number of carbonyl (C=O) groups is 3. The number of nitrogens with zero attached hydrogens (tertiary/aromatic N) is 4. The molecule has 6 atom stereocenters. The van der Waals surface area contributed by atoms with Crippen molar-refractivity contribution in [3.63, 3.8) is 0 Å². The van der Waals surface area contributed by atoms with E-state index in [4.69, 9.17) is 14.3 Å². The van der Waals surface area contributed by atoms with Crippen molar-refractivity contribution in [3.05, 3.63) is 120 Å². The average Bonchev–Trinajstić information content (AvgIpc) is 3.84. The Hall–Kier alpha value is -5.65. The second-order valence-corrected chi connectivity index (χ2v) is 18.6. The number of anilines is 2. The fourth-order valence-electron chi connectivity index (χ4n) is 7.28. The highest BCUT2D eigenvalue weighted by Gasteiger charge is 2.31. The van der Waals surface area contributed by atoms with E-state index >= 15 is 0 Å². The average molecular weight is 942 g/mol. The van der Waals surface area contributed by atoms with E-state index in [9.17, 15) is 34.8 Å². The van der Waals surface area contributed by atoms with Crippen LogP contribution in [0.15, 0.2) is 97.6 Å². The molecule has 1 amide bonds. The minimum Gasteiger partial charge on any atom is -0.466 e. The summed E-state index contributed by atoms with van der Waals surface area (Å²) >= 11 is 0. The molecular formula is C49H59N5O10S2+2. The van der Waals surface area contributed by atoms with Crippen molar-refractivity contribution in [1.82, 2.24) is 5.32 Å². The molecular weight excluding hydrogens is 883 g/mol. The summed E-state index contributed by atoms with van der Waals surface area (Å²) in [6.07, 6.45) is 13.6. The zero-order valence-corrected chi connectivity index (χ0v) is 38.8. The van der Waals surface area contributed by atoms with Crippen molar-refractivity contribution < 1.29 is 58.3 Å². The number of aromatic nitrogens is 2. The Labute approximate surface area is 393 Å². The Morgan fingerprint density at radius 2 is 1.06 bits per heavy atom. The van der Waals surface area contributed by atoms with Gasteiger partial charge in [-0.2, -0.15) is 18.7 Å². The molecule has 2 aromatic heterocycles. The summed E-state index contributed by atoms with van der Waals surface area (Å²) in [5.74, 6) is -0.0801. The monoisotopic (exact) mass is 941 g/mol. The lowest BCUT2D eigenvalue weighted by Crippen LogP contribution is -2.46. The molecule has 4 heterocycles. The van der Waals surface area contributed by atoms with Crippen LogP contribution in [0.4, 0.5) is 11.4 Å². The number of ether oxygens (including phenoxy) is 1. The number of amides is 1. The molecule has 2 fully saturated rings. The molecule has 6 rings (SSSR count). The highest BCUT2D eigenvalue weighted by molar-refractivity contribution is 8.76. The fourth-order valence-corrected chi connectivity index (χ4v) is 9.94. The zero-order valence-electron chi connectivity index (χ0n) is 37.1. The lowest BCUT2D eigenvalue weighted by atomic mass is 10.0. The molecule has 66 heavy (non-hydrogen) atoms. The Bertz CT molecular complexity index is 2240. The van der Waals surface area contributed by atoms with Crippen LogP contribution in [0.1, 0.15) is 48.9 Å². The Kier molecular flexibility index (Phi) is 20.6. The first-order chi connectivity index (χ1) is 31.9. The number of aliphatic hydroxyl groups is 4. The number of β-amino-alcohol motifs (C(OH)–C–C–N with tert-alkyl or cyclic N) is 4. The van der Waals surface area contributed by atoms with Crippen molar-refractivity contribution in [2.75, 3.05) is 54.1 Å². The Morgan fingerprint density at radius 3 is 1.47 bits per heavy atom. The normalized spacial score (nSPS) is 19.0. The van der Waals surface area contributed by atoms with Gasteiger partial charge in [0.15, 0.2) is 30.6 Å². The number of hydrogen-bond donors (Lipinski definition) is 5. The molecule has 2 aliphatic heterocycles. The van der Waals surface area contributed by atoms with Gasteiger partial charge in [-0.15, -0.1) is 0 Å². The molecule has 0 spiro atoms. The van der Waals surface area contributed by atoms with Crippen LogP contribution < -0.4 is 24.3 Å². The molecule has 0 aliphatic carbocycles. The fraction of sp³-hybridized carbons (Fsp3) is 0.388. The molecule has 350 valence electrons. The van der Waals surface area contributed by atoms with E-state index in [1.54, 1.807) is 22.3 Å². The number of carbonyl (C=O) groups excluding carboxylic acids is 5. The standard InChI is InChI=1S/C48H58N5O8S2.CO2/c1-3-39(49-47(59)31-51-23-19-37(20-24-51)8-6-35-11-15-41(16-12-35)53-29-45(57)46(58)30-53)33-63-62-32-38(48(60)61-4-2)25-42(54)26-50-21-17-36(18-22-50)7-5-34-9-13-40(14-10-34)52-27-43(55)44(56)28-52;2-1-3/h5-24,38-39,43-46,55-58H,3-4,25-33H2,1-2H3;/q+1;/p+1. The first kappa shape index (κ1) is 51.3. The maximum absolute atomic E-state index is 13.2. The van der Waals surface area contributed by atoms with Gasteiger partial charge in [0.25, 0.3) is 5.91 Å². The minimum atomic E-state index is -0.733. The van der Waals surface area contributed by atoms with Gasteiger partial charge in [-0.25, -0.2) is 0 Å². The van der Waals surface area contributed by atoms with E-state index < -0.39 is 30.3 Å². The first-order valence-corrected chi connectivity index (χ1v) is 24.3. The van der Waals surface area contributed by atoms with Gasteiger partial charge in [0.05, 0.1) is 36.9 Å². The summed E-state index contributed by atoms with van der Waals surface area (Å²) in [5, 5.41) is 42.5. The van der Waals surface area contributed by atoms with Crippen LogP contribution in [-0.4, -0.2) is 119 Å². The summed E-state index contributed by atoms with van der Waals surface area (Å²) in [4.78, 5) is 59.2. The van der Waals surface area contributed by atoms with E-state index in [-0.39, 0.29) is 56.0 Å². The molecule has 6 unspecified atom stereocenters. The molecule has 4 aromatic rings. The van der Waals surface area contributed by atoms with Crippen LogP contribution in [0.2, 0.25) is 0 Å². The highest BCUT2D eigenvalue weighted by atomic mass is 33.1. The summed E-state index contributed by atoms with van der Waals surface area (Å²) in [6.45, 7) is 5.97. The SMILES string of the molecule is CCOC(=O)C(CSSCC(CC)NC(=O)C[n+]1ccc(/C=C/c2ccc(N3CC(O)C(O)C3)cc2)cc1)CC(=O)C[n+]1ccc(/C=C/c2ccc(N3CC(O)C(O)C3)cc2)cc1.O=C=O. The third kappa shape index (κ3) is 16.3. The summed E-state index contributed by atoms with van der Waals surface area (Å²) < 4.78 is 8.95. The molecule has 2 saturated heterocycles. The van der Waals surface area contributed by atoms with E-state index in [2.05, 4.69) is 5.32 Å². The summed E-state index contributed by atoms with van der Waals surface area (Å²) in [5.41, 5.74) is 5.90. The molecule has 5 N–H and O–H groups in total. The van der Waals surface area contributed by atoms with Gasteiger partial charge in [0.1, 0.15) is 0 Å². The maximum Gasteiger partial charge on any atom is 0.373 e. The largest absolute Gasteiger partial charge is 0.466 e. The molecule has 2 aromatic carbocycles. The van der Waals surface area contributed by atoms with Gasteiger partial charge in [0, 0.05) is 85.8 Å². The van der Waals surface area contributed by atoms with Gasteiger partial charge >= 0.3 is 12.1 Å². The second kappa shape index (κ2) is 26.5. The number of nitrogens with one attached hydrogen (secondary N) is 1. The summed E-state index contributed by atoms with van der Waals surface area (Å²) in [6, 6.07) is 23.6. The number of esters is 1. The van der Waals surface area contributed by atoms with Crippen LogP contribution in [0.25, 0.3) is 24.3 Å². The van der Waals surface area contributed by atoms with Gasteiger partial charge in [0.2, 0.25) is 13.1 Å². The van der Waals surface area contributed by atoms with Crippen molar-refractivity contribution in [3.8, 4) is 0 Å². The van der Waals surface area contributed by atoms with Gasteiger partial charge < -0.3 is 40.3 Å². The minimum absolute atomic E-state index is 0.0614. The molecule has 0 saturated carbocycles. The molecule has 0 bridgehead atoms. The van der Waals surface area contributed by atoms with E-state index in [1.807, 2.05) is 143 Å². The predicted octanol–water partition coefficient (Wildman–Crippen LogP) is 3.22. The van der Waals surface area contributed by atoms with Crippen molar-refractivity contribution in [2.45, 2.75) is 70.2 Å². The number of rotatable bonds is 21. The van der Waals surface area contributed by atoms with Crippen LogP contribution >= 0.6 is 21.6 Å². The third-order valence-electron chi connectivity index (χ3n) is 11.1. The molecule has 2 aliphatic rings. The Morgan fingerprint density at radius 1 is 0.667 bits per heavy atom. The van der Waals surface area contributed by atoms with Gasteiger partial charge in [-0.05, 0) is 59.9 Å².